The van der Waals surface area contributed by atoms with E-state index in [0.29, 0.717) is 26.2 Å². The van der Waals surface area contributed by atoms with Crippen molar-refractivity contribution in [2.45, 2.75) is 84.8 Å². The number of hydrogen-bond acceptors (Lipinski definition) is 15. The summed E-state index contributed by atoms with van der Waals surface area (Å²) in [6.07, 6.45) is 29.6. The first-order valence-corrected chi connectivity index (χ1v) is 31.8. The molecule has 0 spiro atoms. The topological polar surface area (TPSA) is 193 Å². The predicted molar refractivity (Wildman–Crippen MR) is 363 cm³/mol. The monoisotopic (exact) mass is 1510 g/mol. The number of aliphatic hydroxyl groups excluding tert-OH is 4. The zero-order valence-electron chi connectivity index (χ0n) is 53.3. The third kappa shape index (κ3) is 29.7. The van der Waals surface area contributed by atoms with Crippen molar-refractivity contribution in [3.05, 3.63) is 217 Å². The van der Waals surface area contributed by atoms with Gasteiger partial charge in [0.1, 0.15) is 19.6 Å². The Bertz CT molecular complexity index is 3330. The Hall–Kier alpha value is -7.02. The Labute approximate surface area is 584 Å². The minimum atomic E-state index is 0. The molecule has 0 bridgehead atoms. The van der Waals surface area contributed by atoms with Crippen LogP contribution in [0.15, 0.2) is 226 Å². The van der Waals surface area contributed by atoms with Crippen LogP contribution in [0.3, 0.4) is 0 Å². The van der Waals surface area contributed by atoms with Crippen molar-refractivity contribution in [1.29, 1.82) is 0 Å². The van der Waals surface area contributed by atoms with E-state index in [4.69, 9.17) is 10.2 Å². The highest BCUT2D eigenvalue weighted by Crippen LogP contribution is 2.28. The number of aryl methyl sites for hydroxylation is 5. The number of anilines is 4. The van der Waals surface area contributed by atoms with Gasteiger partial charge in [-0.25, -0.2) is 13.7 Å². The van der Waals surface area contributed by atoms with Gasteiger partial charge in [0.05, 0.1) is 73.0 Å². The quantitative estimate of drug-likeness (QED) is 0.0119. The van der Waals surface area contributed by atoms with Crippen LogP contribution in [0.2, 0.25) is 0 Å². The second-order valence-corrected chi connectivity index (χ2v) is 22.0. The molecule has 4 N–H and O–H groups in total. The van der Waals surface area contributed by atoms with Crippen LogP contribution in [0, 0.1) is 13.8 Å². The molecule has 0 aliphatic rings. The number of benzene rings is 4. The molecule has 0 fully saturated rings. The number of azo groups is 2. The highest BCUT2D eigenvalue weighted by Gasteiger charge is 2.11. The van der Waals surface area contributed by atoms with Gasteiger partial charge in [-0.1, -0.05) is 58.7 Å². The van der Waals surface area contributed by atoms with Crippen molar-refractivity contribution in [3.63, 3.8) is 0 Å². The minimum Gasteiger partial charge on any atom is -1.00 e. The summed E-state index contributed by atoms with van der Waals surface area (Å²) in [6.45, 7) is 9.11. The fourth-order valence-corrected chi connectivity index (χ4v) is 9.64. The van der Waals surface area contributed by atoms with Crippen LogP contribution >= 0.6 is 15.9 Å². The van der Waals surface area contributed by atoms with Crippen molar-refractivity contribution in [2.24, 2.45) is 30.7 Å². The molecule has 0 saturated heterocycles. The van der Waals surface area contributed by atoms with Gasteiger partial charge in [-0.05, 0) is 123 Å². The van der Waals surface area contributed by atoms with Crippen molar-refractivity contribution in [2.75, 3.05) is 91.8 Å². The third-order valence-corrected chi connectivity index (χ3v) is 15.0. The lowest BCUT2D eigenvalue weighted by Gasteiger charge is -2.23. The van der Waals surface area contributed by atoms with Gasteiger partial charge in [0.25, 0.3) is 0 Å². The fraction of sp³-hybridized carbons (Fsp3) is 0.343. The van der Waals surface area contributed by atoms with Gasteiger partial charge < -0.3 is 81.2 Å². The van der Waals surface area contributed by atoms with Crippen LogP contribution < -0.4 is 84.5 Å². The van der Waals surface area contributed by atoms with Gasteiger partial charge in [0.2, 0.25) is 0 Å². The SMILES string of the molecule is CN(/N=C/c1cc[n+](CCCCCCBr)cc1)c1ccccc1.Cc1cc(N(CCO)CCO)ccc1N=Nc1cc[n+](CCCCCC[n+]2ccc(/C=N\N(C)c3ccccc3)cc2)cc1.Cc1cc(N(CCO)CCO)ccc1N=Nc1ccncc1.[Br-].[Br-].[Br-]. The normalized spacial score (nSPS) is 10.9. The second-order valence-electron chi connectivity index (χ2n) is 21.2. The van der Waals surface area contributed by atoms with Crippen molar-refractivity contribution in [1.82, 2.24) is 4.98 Å². The highest BCUT2D eigenvalue weighted by atomic mass is 79.9. The number of hydrazone groups is 2. The van der Waals surface area contributed by atoms with E-state index in [0.717, 1.165) is 106 Å². The smallest absolute Gasteiger partial charge is 0.171 e. The molecule has 0 atom stereocenters. The molecule has 8 aromatic rings. The summed E-state index contributed by atoms with van der Waals surface area (Å²) in [7, 11) is 3.91. The van der Waals surface area contributed by atoms with Gasteiger partial charge in [-0.3, -0.25) is 15.0 Å². The molecule has 0 unspecified atom stereocenters. The van der Waals surface area contributed by atoms with E-state index in [1.54, 1.807) is 24.5 Å². The zero-order chi connectivity index (χ0) is 63.1. The van der Waals surface area contributed by atoms with E-state index in [2.05, 4.69) is 127 Å². The number of aliphatic hydroxyl groups is 4. The first-order chi connectivity index (χ1) is 43.6. The standard InChI is InChI=1S/C35H45N7O2.C19H25BrN3.C16H20N4O2.3BrH/c1-30-28-34(42(24-26-43)25-27-44)12-13-35(30)38-37-32-16-22-41(23-17-32)19-9-4-3-8-18-40-20-14-31(15-21-40)29-36-39(2)33-10-6-5-7-11-33;1-22(19-9-5-4-6-10-19)21-17-18-11-15-23(16-12-18)14-8-3-2-7-13-20;1-13-12-15(20(8-10-21)9-11-22)2-3-16(13)19-18-14-4-6-17-7-5-14;;;/h5-7,10-17,20-23,28-29,43-44H,3-4,8-9,18-19,24-27H2,1-2H3;4-6,9-12,15-17H,2-3,7-8,13-14H2,1H3;2-7,12,21-22H,8-11H2,1H3;3*1H/q+2;+1;;;;/p-3. The molecule has 22 heteroatoms. The number of halogens is 4. The number of alkyl halides is 1. The molecule has 0 aliphatic heterocycles. The van der Waals surface area contributed by atoms with Crippen LogP contribution in [0.5, 0.6) is 0 Å². The van der Waals surface area contributed by atoms with Crippen LogP contribution in [0.1, 0.15) is 73.6 Å². The summed E-state index contributed by atoms with van der Waals surface area (Å²) in [4.78, 5) is 7.81. The Balaban J connectivity index is 0.000000389. The summed E-state index contributed by atoms with van der Waals surface area (Å²) in [5.41, 5.74) is 11.4. The van der Waals surface area contributed by atoms with Crippen molar-refractivity contribution >= 4 is 73.9 Å². The van der Waals surface area contributed by atoms with Crippen LogP contribution in [-0.4, -0.2) is 110 Å². The Kier molecular flexibility index (Phi) is 40.4. The average molecular weight is 1510 g/mol. The number of nitrogens with zero attached hydrogens (tertiary/aromatic N) is 14. The largest absolute Gasteiger partial charge is 1.00 e. The second kappa shape index (κ2) is 46.9. The molecule has 4 aromatic heterocycles. The van der Waals surface area contributed by atoms with Crippen molar-refractivity contribution < 1.29 is 85.1 Å². The number of para-hydroxylation sites is 2. The summed E-state index contributed by atoms with van der Waals surface area (Å²) in [5, 5.41) is 67.9. The number of pyridine rings is 4. The molecule has 0 aliphatic carbocycles. The number of unbranched alkanes of at least 4 members (excludes halogenated alkanes) is 6. The maximum absolute atomic E-state index is 9.29. The van der Waals surface area contributed by atoms with Crippen molar-refractivity contribution in [3.8, 4) is 0 Å². The predicted octanol–water partition coefficient (Wildman–Crippen LogP) is 3.52. The van der Waals surface area contributed by atoms with E-state index < -0.39 is 0 Å². The van der Waals surface area contributed by atoms with Gasteiger partial charge in [0.15, 0.2) is 37.2 Å². The minimum absolute atomic E-state index is 0. The maximum atomic E-state index is 9.29. The Morgan fingerprint density at radius 2 is 0.761 bits per heavy atom. The first-order valence-electron chi connectivity index (χ1n) is 30.7. The maximum Gasteiger partial charge on any atom is 0.171 e. The summed E-state index contributed by atoms with van der Waals surface area (Å²) < 4.78 is 6.67. The lowest BCUT2D eigenvalue weighted by Crippen LogP contribution is -3.00. The van der Waals surface area contributed by atoms with Gasteiger partial charge >= 0.3 is 0 Å². The summed E-state index contributed by atoms with van der Waals surface area (Å²) >= 11 is 3.47. The molecule has 0 saturated carbocycles. The van der Waals surface area contributed by atoms with Gasteiger partial charge in [-0.15, -0.1) is 0 Å². The van der Waals surface area contributed by atoms with Crippen LogP contribution in [-0.2, 0) is 19.6 Å². The average Bonchev–Trinajstić information content (AvgIpc) is 1.76. The number of hydrogen-bond donors (Lipinski definition) is 4. The van der Waals surface area contributed by atoms with Crippen LogP contribution in [0.25, 0.3) is 0 Å². The van der Waals surface area contributed by atoms with Gasteiger partial charge in [-0.2, -0.15) is 30.7 Å². The van der Waals surface area contributed by atoms with E-state index in [-0.39, 0.29) is 77.4 Å². The summed E-state index contributed by atoms with van der Waals surface area (Å²) in [6, 6.07) is 47.9. The molecule has 4 aromatic carbocycles. The van der Waals surface area contributed by atoms with E-state index in [1.807, 2.05) is 169 Å². The number of aromatic nitrogens is 4. The molecule has 92 heavy (non-hydrogen) atoms. The highest BCUT2D eigenvalue weighted by molar-refractivity contribution is 9.09. The first kappa shape index (κ1) is 79.2. The lowest BCUT2D eigenvalue weighted by atomic mass is 10.1. The summed E-state index contributed by atoms with van der Waals surface area (Å²) in [5.74, 6) is 0. The third-order valence-electron chi connectivity index (χ3n) is 14.4. The molecule has 8 rings (SSSR count). The van der Waals surface area contributed by atoms with E-state index in [9.17, 15) is 10.2 Å². The van der Waals surface area contributed by atoms with E-state index >= 15 is 0 Å². The number of rotatable bonds is 33. The lowest BCUT2D eigenvalue weighted by molar-refractivity contribution is -0.698. The molecule has 0 radical (unpaired) electrons. The molecule has 4 heterocycles. The molecular weight excluding hydrogens is 1420 g/mol. The molecule has 492 valence electrons. The van der Waals surface area contributed by atoms with E-state index in [1.165, 1.54) is 38.5 Å². The van der Waals surface area contributed by atoms with Crippen LogP contribution in [0.4, 0.5) is 45.5 Å². The molecule has 0 amide bonds. The fourth-order valence-electron chi connectivity index (χ4n) is 9.24. The van der Waals surface area contributed by atoms with Gasteiger partial charge in [0, 0.05) is 136 Å². The Morgan fingerprint density at radius 1 is 0.413 bits per heavy atom. The molecule has 18 nitrogen and oxygen atoms in total. The Morgan fingerprint density at radius 3 is 1.11 bits per heavy atom. The zero-order valence-corrected chi connectivity index (χ0v) is 59.7. The molecular formula is C70H90Br4N14O4.